The van der Waals surface area contributed by atoms with E-state index in [0.29, 0.717) is 21.9 Å². The first-order valence-electron chi connectivity index (χ1n) is 5.56. The van der Waals surface area contributed by atoms with Gasteiger partial charge in [0.1, 0.15) is 18.2 Å². The normalized spacial score (nSPS) is 10.5. The second kappa shape index (κ2) is 6.37. The van der Waals surface area contributed by atoms with Crippen molar-refractivity contribution in [2.45, 2.75) is 13.2 Å². The molecule has 2 aromatic rings. The van der Waals surface area contributed by atoms with Crippen molar-refractivity contribution in [2.24, 2.45) is 0 Å². The molecule has 0 amide bonds. The maximum Gasteiger partial charge on any atom is 0.129 e. The summed E-state index contributed by atoms with van der Waals surface area (Å²) in [6, 6.07) is 9.59. The van der Waals surface area contributed by atoms with Crippen molar-refractivity contribution < 1.29 is 14.2 Å². The number of aliphatic hydroxyl groups is 1. The van der Waals surface area contributed by atoms with Crippen molar-refractivity contribution in [1.29, 1.82) is 0 Å². The van der Waals surface area contributed by atoms with E-state index in [1.807, 2.05) is 0 Å². The molecule has 2 rings (SSSR count). The molecule has 0 aliphatic rings. The Morgan fingerprint density at radius 1 is 1.16 bits per heavy atom. The number of rotatable bonds is 4. The summed E-state index contributed by atoms with van der Waals surface area (Å²) in [4.78, 5) is 0. The summed E-state index contributed by atoms with van der Waals surface area (Å²) in [5.74, 6) is 0.161. The largest absolute Gasteiger partial charge is 0.488 e. The molecule has 1 N–H and O–H groups in total. The van der Waals surface area contributed by atoms with Gasteiger partial charge in [0.15, 0.2) is 0 Å². The van der Waals surface area contributed by atoms with Crippen LogP contribution in [0, 0.1) is 5.82 Å². The zero-order valence-electron chi connectivity index (χ0n) is 9.87. The molecule has 0 fully saturated rings. The Kier molecular flexibility index (Phi) is 4.80. The van der Waals surface area contributed by atoms with Crippen LogP contribution in [-0.2, 0) is 13.2 Å². The molecule has 2 nitrogen and oxygen atoms in total. The highest BCUT2D eigenvalue weighted by molar-refractivity contribution is 9.10. The highest BCUT2D eigenvalue weighted by atomic mass is 79.9. The monoisotopic (exact) mass is 344 g/mol. The zero-order chi connectivity index (χ0) is 13.8. The molecule has 0 aromatic heterocycles. The third kappa shape index (κ3) is 3.69. The first kappa shape index (κ1) is 14.3. The van der Waals surface area contributed by atoms with Crippen LogP contribution in [0.15, 0.2) is 40.9 Å². The van der Waals surface area contributed by atoms with Crippen molar-refractivity contribution in [3.63, 3.8) is 0 Å². The van der Waals surface area contributed by atoms with Crippen LogP contribution in [0.25, 0.3) is 0 Å². The Balaban J connectivity index is 2.16. The highest BCUT2D eigenvalue weighted by Crippen LogP contribution is 2.24. The van der Waals surface area contributed by atoms with Crippen LogP contribution in [0.5, 0.6) is 5.75 Å². The molecule has 100 valence electrons. The fourth-order valence-corrected chi connectivity index (χ4v) is 2.23. The Labute approximate surface area is 123 Å². The number of halogens is 3. The van der Waals surface area contributed by atoms with E-state index < -0.39 is 0 Å². The summed E-state index contributed by atoms with van der Waals surface area (Å²) in [6.45, 7) is -0.100. The van der Waals surface area contributed by atoms with Crippen LogP contribution >= 0.6 is 27.5 Å². The fourth-order valence-electron chi connectivity index (χ4n) is 1.62. The van der Waals surface area contributed by atoms with E-state index >= 15 is 0 Å². The van der Waals surface area contributed by atoms with Gasteiger partial charge < -0.3 is 9.84 Å². The predicted octanol–water partition coefficient (Wildman–Crippen LogP) is 4.31. The van der Waals surface area contributed by atoms with Crippen molar-refractivity contribution in [3.05, 3.63) is 62.8 Å². The Hall–Kier alpha value is -1.10. The van der Waals surface area contributed by atoms with Gasteiger partial charge >= 0.3 is 0 Å². The summed E-state index contributed by atoms with van der Waals surface area (Å²) < 4.78 is 19.9. The van der Waals surface area contributed by atoms with Gasteiger partial charge in [-0.2, -0.15) is 0 Å². The van der Waals surface area contributed by atoms with Gasteiger partial charge in [0, 0.05) is 20.6 Å². The van der Waals surface area contributed by atoms with Crippen molar-refractivity contribution >= 4 is 27.5 Å². The van der Waals surface area contributed by atoms with E-state index in [1.165, 1.54) is 6.07 Å². The number of benzene rings is 2. The lowest BCUT2D eigenvalue weighted by molar-refractivity contribution is 0.257. The minimum atomic E-state index is -0.331. The van der Waals surface area contributed by atoms with Crippen molar-refractivity contribution in [2.75, 3.05) is 0 Å². The average molecular weight is 346 g/mol. The van der Waals surface area contributed by atoms with Crippen molar-refractivity contribution in [3.8, 4) is 5.75 Å². The molecule has 5 heteroatoms. The number of hydrogen-bond acceptors (Lipinski definition) is 2. The lowest BCUT2D eigenvalue weighted by atomic mass is 10.2. The fraction of sp³-hybridized carbons (Fsp3) is 0.143. The first-order chi connectivity index (χ1) is 9.10. The Morgan fingerprint density at radius 3 is 2.68 bits per heavy atom. The highest BCUT2D eigenvalue weighted by Gasteiger charge is 2.07. The lowest BCUT2D eigenvalue weighted by Crippen LogP contribution is -2.01. The van der Waals surface area contributed by atoms with Crippen LogP contribution in [0.3, 0.4) is 0 Å². The molecule has 0 spiro atoms. The second-order valence-electron chi connectivity index (χ2n) is 3.93. The van der Waals surface area contributed by atoms with E-state index in [9.17, 15) is 9.50 Å². The van der Waals surface area contributed by atoms with E-state index in [-0.39, 0.29) is 19.0 Å². The molecule has 19 heavy (non-hydrogen) atoms. The van der Waals surface area contributed by atoms with Gasteiger partial charge in [-0.1, -0.05) is 27.5 Å². The van der Waals surface area contributed by atoms with E-state index in [0.717, 1.165) is 4.47 Å². The van der Waals surface area contributed by atoms with E-state index in [2.05, 4.69) is 15.9 Å². The zero-order valence-corrected chi connectivity index (χ0v) is 12.2. The number of ether oxygens (including phenoxy) is 1. The van der Waals surface area contributed by atoms with Crippen molar-refractivity contribution in [1.82, 2.24) is 0 Å². The third-order valence-corrected chi connectivity index (χ3v) is 3.31. The van der Waals surface area contributed by atoms with Gasteiger partial charge in [-0.3, -0.25) is 0 Å². The smallest absolute Gasteiger partial charge is 0.129 e. The van der Waals surface area contributed by atoms with Gasteiger partial charge in [-0.05, 0) is 36.4 Å². The molecule has 0 saturated heterocycles. The standard InChI is InChI=1S/C14H11BrClFO2/c15-11-1-3-13(17)10(5-11)8-19-14-4-2-12(16)6-9(14)7-18/h1-6,18H,7-8H2. The molecule has 0 heterocycles. The van der Waals surface area contributed by atoms with E-state index in [1.54, 1.807) is 30.3 Å². The topological polar surface area (TPSA) is 29.5 Å². The molecular formula is C14H11BrClFO2. The SMILES string of the molecule is OCc1cc(Cl)ccc1OCc1cc(Br)ccc1F. The molecule has 0 aliphatic heterocycles. The summed E-state index contributed by atoms with van der Waals surface area (Å²) in [7, 11) is 0. The average Bonchev–Trinajstić information content (AvgIpc) is 2.40. The maximum atomic E-state index is 13.5. The minimum Gasteiger partial charge on any atom is -0.488 e. The molecule has 0 radical (unpaired) electrons. The summed E-state index contributed by atoms with van der Waals surface area (Å²) >= 11 is 9.11. The molecule has 0 bridgehead atoms. The molecule has 0 saturated carbocycles. The van der Waals surface area contributed by atoms with Crippen LogP contribution in [0.1, 0.15) is 11.1 Å². The first-order valence-corrected chi connectivity index (χ1v) is 6.73. The number of aliphatic hydroxyl groups excluding tert-OH is 1. The quantitative estimate of drug-likeness (QED) is 0.894. The van der Waals surface area contributed by atoms with Gasteiger partial charge in [-0.25, -0.2) is 4.39 Å². The molecule has 0 unspecified atom stereocenters. The van der Waals surface area contributed by atoms with E-state index in [4.69, 9.17) is 16.3 Å². The molecule has 2 aromatic carbocycles. The Morgan fingerprint density at radius 2 is 1.95 bits per heavy atom. The van der Waals surface area contributed by atoms with Crippen LogP contribution in [-0.4, -0.2) is 5.11 Å². The molecule has 0 atom stereocenters. The lowest BCUT2D eigenvalue weighted by Gasteiger charge is -2.11. The Bertz CT molecular complexity index is 590. The number of hydrogen-bond donors (Lipinski definition) is 1. The van der Waals surface area contributed by atoms with Gasteiger partial charge in [0.25, 0.3) is 0 Å². The van der Waals surface area contributed by atoms with Gasteiger partial charge in [-0.15, -0.1) is 0 Å². The van der Waals surface area contributed by atoms with Crippen LogP contribution in [0.2, 0.25) is 5.02 Å². The van der Waals surface area contributed by atoms with Gasteiger partial charge in [0.05, 0.1) is 6.61 Å². The minimum absolute atomic E-state index is 0.0832. The van der Waals surface area contributed by atoms with Gasteiger partial charge in [0.2, 0.25) is 0 Å². The van der Waals surface area contributed by atoms with Crippen LogP contribution in [0.4, 0.5) is 4.39 Å². The van der Waals surface area contributed by atoms with Crippen LogP contribution < -0.4 is 4.74 Å². The summed E-state index contributed by atoms with van der Waals surface area (Å²) in [5.41, 5.74) is 1.01. The summed E-state index contributed by atoms with van der Waals surface area (Å²) in [5, 5.41) is 9.74. The maximum absolute atomic E-state index is 13.5. The third-order valence-electron chi connectivity index (χ3n) is 2.58. The summed E-state index contributed by atoms with van der Waals surface area (Å²) in [6.07, 6.45) is 0. The second-order valence-corrected chi connectivity index (χ2v) is 5.29. The molecular weight excluding hydrogens is 335 g/mol. The predicted molar refractivity (Wildman–Crippen MR) is 75.8 cm³/mol. The molecule has 0 aliphatic carbocycles.